The summed E-state index contributed by atoms with van der Waals surface area (Å²) in [5.74, 6) is 1.49. The van der Waals surface area contributed by atoms with E-state index in [0.29, 0.717) is 18.8 Å². The third-order valence-corrected chi connectivity index (χ3v) is 5.00. The topological polar surface area (TPSA) is 43.1 Å². The number of nitrogens with two attached hydrogens (primary N) is 1. The van der Waals surface area contributed by atoms with Gasteiger partial charge < -0.3 is 5.73 Å². The third-order valence-electron chi connectivity index (χ3n) is 5.00. The first-order chi connectivity index (χ1) is 10.6. The van der Waals surface area contributed by atoms with Gasteiger partial charge in [-0.15, -0.1) is 0 Å². The molecule has 0 heterocycles. The molecule has 2 aliphatic rings. The Labute approximate surface area is 131 Å². The van der Waals surface area contributed by atoms with Gasteiger partial charge in [-0.1, -0.05) is 37.1 Å². The molecule has 3 heteroatoms. The van der Waals surface area contributed by atoms with Gasteiger partial charge in [0.15, 0.2) is 0 Å². The Morgan fingerprint density at radius 3 is 2.55 bits per heavy atom. The maximum Gasteiger partial charge on any atom is 0.149 e. The molecule has 3 rings (SSSR count). The van der Waals surface area contributed by atoms with Crippen LogP contribution in [0.2, 0.25) is 0 Å². The van der Waals surface area contributed by atoms with E-state index in [2.05, 4.69) is 6.08 Å². The molecular formula is C19H24FNO. The Morgan fingerprint density at radius 2 is 1.86 bits per heavy atom. The summed E-state index contributed by atoms with van der Waals surface area (Å²) in [5.41, 5.74) is 7.07. The van der Waals surface area contributed by atoms with E-state index in [1.807, 2.05) is 18.2 Å². The van der Waals surface area contributed by atoms with Crippen LogP contribution in [0.15, 0.2) is 36.4 Å². The fourth-order valence-electron chi connectivity index (χ4n) is 3.47. The highest BCUT2D eigenvalue weighted by Gasteiger charge is 2.31. The number of carbonyl (C=O) groups is 1. The summed E-state index contributed by atoms with van der Waals surface area (Å²) in [4.78, 5) is 12.0. The number of ketones is 1. The van der Waals surface area contributed by atoms with Crippen LogP contribution in [0.25, 0.3) is 0 Å². The molecule has 1 saturated carbocycles. The lowest BCUT2D eigenvalue weighted by Gasteiger charge is -2.25. The number of Topliss-reactive ketones (excluding diaryl/α,β-unsaturated/α-hetero) is 1. The molecule has 0 aliphatic heterocycles. The minimum absolute atomic E-state index is 0.171. The predicted octanol–water partition coefficient (Wildman–Crippen LogP) is 3.96. The Morgan fingerprint density at radius 1 is 1.14 bits per heavy atom. The standard InChI is InChI=1S/C19H24FNO/c20-16-9-6-14(7-10-16)17-2-1-3-18(21)19(22)11-8-15(17)12-13-4-5-13/h1-2,6-7,9-10,13,15,17-18H,3-5,8,11-12,21H2/b2-1-/t15?,17-,18?/m0/s1. The van der Waals surface area contributed by atoms with E-state index in [-0.39, 0.29) is 23.6 Å². The molecule has 0 saturated heterocycles. The highest BCUT2D eigenvalue weighted by Crippen LogP contribution is 2.42. The summed E-state index contributed by atoms with van der Waals surface area (Å²) in [6.07, 6.45) is 10.1. The molecule has 2 aliphatic carbocycles. The van der Waals surface area contributed by atoms with E-state index < -0.39 is 0 Å². The number of allylic oxidation sites excluding steroid dienone is 1. The van der Waals surface area contributed by atoms with Crippen LogP contribution in [0.1, 0.15) is 50.0 Å². The second-order valence-corrected chi connectivity index (χ2v) is 6.79. The van der Waals surface area contributed by atoms with Crippen molar-refractivity contribution in [3.8, 4) is 0 Å². The van der Waals surface area contributed by atoms with Crippen molar-refractivity contribution in [3.05, 3.63) is 47.8 Å². The summed E-state index contributed by atoms with van der Waals surface area (Å²) in [6.45, 7) is 0. The summed E-state index contributed by atoms with van der Waals surface area (Å²) in [7, 11) is 0. The molecule has 3 atom stereocenters. The SMILES string of the molecule is NC1C/C=C\[C@@H](c2ccc(F)cc2)C(CC2CC2)CCC1=O. The molecule has 0 radical (unpaired) electrons. The van der Waals surface area contributed by atoms with E-state index in [9.17, 15) is 9.18 Å². The first-order valence-corrected chi connectivity index (χ1v) is 8.34. The first-order valence-electron chi connectivity index (χ1n) is 8.34. The van der Waals surface area contributed by atoms with Gasteiger partial charge in [0.25, 0.3) is 0 Å². The number of rotatable bonds is 3. The van der Waals surface area contributed by atoms with Crippen molar-refractivity contribution >= 4 is 5.78 Å². The molecule has 0 spiro atoms. The van der Waals surface area contributed by atoms with Crippen LogP contribution in [0, 0.1) is 17.7 Å². The minimum atomic E-state index is -0.371. The molecule has 0 aromatic heterocycles. The second kappa shape index (κ2) is 6.74. The molecule has 118 valence electrons. The molecule has 1 aromatic carbocycles. The fourth-order valence-corrected chi connectivity index (χ4v) is 3.47. The minimum Gasteiger partial charge on any atom is -0.321 e. The van der Waals surface area contributed by atoms with E-state index in [1.165, 1.54) is 25.0 Å². The van der Waals surface area contributed by atoms with Crippen molar-refractivity contribution in [2.45, 2.75) is 50.5 Å². The summed E-state index contributed by atoms with van der Waals surface area (Å²) in [6, 6.07) is 6.44. The Balaban J connectivity index is 1.85. The number of carbonyl (C=O) groups excluding carboxylic acids is 1. The second-order valence-electron chi connectivity index (χ2n) is 6.79. The van der Waals surface area contributed by atoms with Crippen molar-refractivity contribution in [2.75, 3.05) is 0 Å². The van der Waals surface area contributed by atoms with Crippen molar-refractivity contribution in [1.29, 1.82) is 0 Å². The molecule has 0 amide bonds. The monoisotopic (exact) mass is 301 g/mol. The van der Waals surface area contributed by atoms with Crippen LogP contribution < -0.4 is 5.73 Å². The van der Waals surface area contributed by atoms with Gasteiger partial charge in [-0.05, 0) is 48.8 Å². The van der Waals surface area contributed by atoms with E-state index in [0.717, 1.165) is 24.3 Å². The van der Waals surface area contributed by atoms with E-state index in [4.69, 9.17) is 5.73 Å². The molecular weight excluding hydrogens is 277 g/mol. The van der Waals surface area contributed by atoms with Crippen molar-refractivity contribution < 1.29 is 9.18 Å². The zero-order valence-corrected chi connectivity index (χ0v) is 12.9. The number of halogens is 1. The largest absolute Gasteiger partial charge is 0.321 e. The molecule has 0 bridgehead atoms. The maximum absolute atomic E-state index is 13.2. The van der Waals surface area contributed by atoms with Gasteiger partial charge in [-0.25, -0.2) is 4.39 Å². The zero-order valence-electron chi connectivity index (χ0n) is 12.9. The van der Waals surface area contributed by atoms with Gasteiger partial charge in [-0.2, -0.15) is 0 Å². The number of hydrogen-bond donors (Lipinski definition) is 1. The fraction of sp³-hybridized carbons (Fsp3) is 0.526. The number of hydrogen-bond acceptors (Lipinski definition) is 2. The molecule has 1 aromatic rings. The Bertz CT molecular complexity index is 547. The smallest absolute Gasteiger partial charge is 0.149 e. The van der Waals surface area contributed by atoms with Gasteiger partial charge in [0.05, 0.1) is 6.04 Å². The average molecular weight is 301 g/mol. The lowest BCUT2D eigenvalue weighted by Crippen LogP contribution is -2.29. The summed E-state index contributed by atoms with van der Waals surface area (Å²) >= 11 is 0. The molecule has 2 N–H and O–H groups in total. The zero-order chi connectivity index (χ0) is 15.5. The first kappa shape index (κ1) is 15.4. The van der Waals surface area contributed by atoms with Gasteiger partial charge in [0, 0.05) is 12.3 Å². The average Bonchev–Trinajstić information content (AvgIpc) is 3.31. The lowest BCUT2D eigenvalue weighted by molar-refractivity contribution is -0.120. The molecule has 2 nitrogen and oxygen atoms in total. The van der Waals surface area contributed by atoms with E-state index in [1.54, 1.807) is 0 Å². The number of benzene rings is 1. The van der Waals surface area contributed by atoms with Crippen molar-refractivity contribution in [2.24, 2.45) is 17.6 Å². The normalized spacial score (nSPS) is 31.2. The van der Waals surface area contributed by atoms with Crippen LogP contribution in [-0.2, 0) is 4.79 Å². The maximum atomic E-state index is 13.2. The van der Waals surface area contributed by atoms with Gasteiger partial charge in [0.2, 0.25) is 0 Å². The van der Waals surface area contributed by atoms with Crippen LogP contribution in [0.5, 0.6) is 0 Å². The summed E-state index contributed by atoms with van der Waals surface area (Å²) in [5, 5.41) is 0. The lowest BCUT2D eigenvalue weighted by atomic mass is 9.79. The quantitative estimate of drug-likeness (QED) is 0.859. The van der Waals surface area contributed by atoms with Crippen LogP contribution in [0.3, 0.4) is 0 Å². The van der Waals surface area contributed by atoms with Crippen LogP contribution in [-0.4, -0.2) is 11.8 Å². The van der Waals surface area contributed by atoms with Gasteiger partial charge >= 0.3 is 0 Å². The van der Waals surface area contributed by atoms with Crippen LogP contribution >= 0.6 is 0 Å². The van der Waals surface area contributed by atoms with Crippen molar-refractivity contribution in [1.82, 2.24) is 0 Å². The van der Waals surface area contributed by atoms with Gasteiger partial charge in [0.1, 0.15) is 11.6 Å². The van der Waals surface area contributed by atoms with Crippen molar-refractivity contribution in [3.63, 3.8) is 0 Å². The predicted molar refractivity (Wildman–Crippen MR) is 85.9 cm³/mol. The third kappa shape index (κ3) is 3.83. The van der Waals surface area contributed by atoms with Crippen LogP contribution in [0.4, 0.5) is 4.39 Å². The Hall–Kier alpha value is -1.48. The Kier molecular flexibility index (Phi) is 4.72. The molecule has 1 fully saturated rings. The highest BCUT2D eigenvalue weighted by molar-refractivity contribution is 5.83. The summed E-state index contributed by atoms with van der Waals surface area (Å²) < 4.78 is 13.2. The van der Waals surface area contributed by atoms with Gasteiger partial charge in [-0.3, -0.25) is 4.79 Å². The van der Waals surface area contributed by atoms with E-state index >= 15 is 0 Å². The highest BCUT2D eigenvalue weighted by atomic mass is 19.1. The molecule has 22 heavy (non-hydrogen) atoms. The molecule has 2 unspecified atom stereocenters.